The second kappa shape index (κ2) is 7.03. The summed E-state index contributed by atoms with van der Waals surface area (Å²) in [5.74, 6) is -1.35. The molecule has 0 spiro atoms. The standard InChI is InChI=1S/C19H20N2O5S/c1-12-10-15(6-7-16(12)19(23)24)20-18(22)14-5-8-17-13(11-14)4-3-9-21(17)27(2,25)26/h5-8,10-11H,3-4,9H2,1-2H3,(H,20,22)(H,23,24). The minimum absolute atomic E-state index is 0.183. The fourth-order valence-electron chi connectivity index (χ4n) is 3.23. The van der Waals surface area contributed by atoms with E-state index in [-0.39, 0.29) is 11.5 Å². The van der Waals surface area contributed by atoms with Crippen molar-refractivity contribution in [2.75, 3.05) is 22.4 Å². The van der Waals surface area contributed by atoms with Crippen LogP contribution in [0.25, 0.3) is 0 Å². The number of fused-ring (bicyclic) bond motifs is 1. The van der Waals surface area contributed by atoms with E-state index in [9.17, 15) is 18.0 Å². The van der Waals surface area contributed by atoms with Crippen LogP contribution in [0.3, 0.4) is 0 Å². The summed E-state index contributed by atoms with van der Waals surface area (Å²) >= 11 is 0. The summed E-state index contributed by atoms with van der Waals surface area (Å²) in [5.41, 5.74) is 3.08. The molecule has 7 nitrogen and oxygen atoms in total. The molecule has 0 bridgehead atoms. The zero-order chi connectivity index (χ0) is 19.8. The van der Waals surface area contributed by atoms with E-state index in [0.29, 0.717) is 41.9 Å². The largest absolute Gasteiger partial charge is 0.478 e. The van der Waals surface area contributed by atoms with Gasteiger partial charge in [-0.25, -0.2) is 13.2 Å². The molecule has 0 radical (unpaired) electrons. The smallest absolute Gasteiger partial charge is 0.335 e. The Bertz CT molecular complexity index is 1030. The summed E-state index contributed by atoms with van der Waals surface area (Å²) in [6.07, 6.45) is 2.57. The lowest BCUT2D eigenvalue weighted by atomic mass is 10.0. The van der Waals surface area contributed by atoms with Gasteiger partial charge in [0, 0.05) is 17.8 Å². The molecule has 0 saturated carbocycles. The molecule has 0 fully saturated rings. The van der Waals surface area contributed by atoms with E-state index in [4.69, 9.17) is 5.11 Å². The first-order valence-electron chi connectivity index (χ1n) is 8.43. The molecule has 2 aromatic carbocycles. The Labute approximate surface area is 157 Å². The van der Waals surface area contributed by atoms with Gasteiger partial charge in [-0.15, -0.1) is 0 Å². The Morgan fingerprint density at radius 3 is 2.52 bits per heavy atom. The van der Waals surface area contributed by atoms with Crippen LogP contribution in [0.4, 0.5) is 11.4 Å². The highest BCUT2D eigenvalue weighted by Gasteiger charge is 2.24. The molecule has 0 unspecified atom stereocenters. The van der Waals surface area contributed by atoms with Gasteiger partial charge < -0.3 is 10.4 Å². The molecule has 8 heteroatoms. The lowest BCUT2D eigenvalue weighted by Gasteiger charge is -2.29. The molecule has 0 atom stereocenters. The number of benzene rings is 2. The highest BCUT2D eigenvalue weighted by molar-refractivity contribution is 7.92. The zero-order valence-corrected chi connectivity index (χ0v) is 15.8. The molecule has 2 aromatic rings. The van der Waals surface area contributed by atoms with Crippen molar-refractivity contribution in [3.05, 3.63) is 58.7 Å². The van der Waals surface area contributed by atoms with Crippen molar-refractivity contribution in [1.82, 2.24) is 0 Å². The van der Waals surface area contributed by atoms with Gasteiger partial charge in [-0.2, -0.15) is 0 Å². The number of aromatic carboxylic acids is 1. The van der Waals surface area contributed by atoms with E-state index in [2.05, 4.69) is 5.32 Å². The molecule has 0 aromatic heterocycles. The Balaban J connectivity index is 1.84. The topological polar surface area (TPSA) is 104 Å². The van der Waals surface area contributed by atoms with Crippen molar-refractivity contribution in [2.45, 2.75) is 19.8 Å². The van der Waals surface area contributed by atoms with Crippen LogP contribution >= 0.6 is 0 Å². The van der Waals surface area contributed by atoms with Crippen molar-refractivity contribution in [1.29, 1.82) is 0 Å². The van der Waals surface area contributed by atoms with Crippen LogP contribution in [0.5, 0.6) is 0 Å². The third kappa shape index (κ3) is 3.95. The van der Waals surface area contributed by atoms with E-state index in [1.807, 2.05) is 0 Å². The Kier molecular flexibility index (Phi) is 4.93. The minimum atomic E-state index is -3.35. The number of rotatable bonds is 4. The average molecular weight is 388 g/mol. The molecule has 27 heavy (non-hydrogen) atoms. The molecule has 142 valence electrons. The van der Waals surface area contributed by atoms with Crippen LogP contribution in [-0.4, -0.2) is 38.2 Å². The number of carboxylic acids is 1. The summed E-state index contributed by atoms with van der Waals surface area (Å²) in [7, 11) is -3.35. The van der Waals surface area contributed by atoms with Crippen molar-refractivity contribution in [3.63, 3.8) is 0 Å². The number of sulfonamides is 1. The van der Waals surface area contributed by atoms with Gasteiger partial charge in [-0.05, 0) is 67.3 Å². The van der Waals surface area contributed by atoms with Gasteiger partial charge in [0.1, 0.15) is 0 Å². The quantitative estimate of drug-likeness (QED) is 0.838. The maximum atomic E-state index is 12.5. The number of carbonyl (C=O) groups excluding carboxylic acids is 1. The van der Waals surface area contributed by atoms with Gasteiger partial charge >= 0.3 is 5.97 Å². The maximum Gasteiger partial charge on any atom is 0.335 e. The van der Waals surface area contributed by atoms with Gasteiger partial charge in [0.05, 0.1) is 17.5 Å². The van der Waals surface area contributed by atoms with Crippen LogP contribution in [0, 0.1) is 6.92 Å². The molecule has 0 aliphatic carbocycles. The summed E-state index contributed by atoms with van der Waals surface area (Å²) < 4.78 is 25.2. The third-order valence-corrected chi connectivity index (χ3v) is 5.71. The number of carboxylic acid groups (broad SMARTS) is 1. The predicted octanol–water partition coefficient (Wildman–Crippen LogP) is 2.66. The number of nitrogens with one attached hydrogen (secondary N) is 1. The molecule has 1 heterocycles. The van der Waals surface area contributed by atoms with Gasteiger partial charge in [0.2, 0.25) is 10.0 Å². The molecular weight excluding hydrogens is 368 g/mol. The Hall–Kier alpha value is -2.87. The van der Waals surface area contributed by atoms with Gasteiger partial charge in [0.15, 0.2) is 0 Å². The van der Waals surface area contributed by atoms with Crippen LogP contribution in [-0.2, 0) is 16.4 Å². The lowest BCUT2D eigenvalue weighted by molar-refractivity contribution is 0.0696. The lowest BCUT2D eigenvalue weighted by Crippen LogP contribution is -2.34. The average Bonchev–Trinajstić information content (AvgIpc) is 2.59. The SMILES string of the molecule is Cc1cc(NC(=O)c2ccc3c(c2)CCCN3S(C)(=O)=O)ccc1C(=O)O. The first-order chi connectivity index (χ1) is 12.7. The molecule has 0 saturated heterocycles. The van der Waals surface area contributed by atoms with E-state index < -0.39 is 16.0 Å². The molecular formula is C19H20N2O5S. The van der Waals surface area contributed by atoms with E-state index in [0.717, 1.165) is 5.56 Å². The summed E-state index contributed by atoms with van der Waals surface area (Å²) in [6.45, 7) is 2.10. The molecule has 1 aliphatic rings. The fraction of sp³-hybridized carbons (Fsp3) is 0.263. The summed E-state index contributed by atoms with van der Waals surface area (Å²) in [5, 5.41) is 11.8. The minimum Gasteiger partial charge on any atom is -0.478 e. The highest BCUT2D eigenvalue weighted by atomic mass is 32.2. The van der Waals surface area contributed by atoms with Gasteiger partial charge in [0.25, 0.3) is 5.91 Å². The number of aryl methyl sites for hydroxylation is 2. The normalized spacial score (nSPS) is 13.8. The number of amides is 1. The number of carbonyl (C=O) groups is 2. The first-order valence-corrected chi connectivity index (χ1v) is 10.3. The van der Waals surface area contributed by atoms with Crippen molar-refractivity contribution < 1.29 is 23.1 Å². The maximum absolute atomic E-state index is 12.5. The van der Waals surface area contributed by atoms with Gasteiger partial charge in [-0.3, -0.25) is 9.10 Å². The predicted molar refractivity (Wildman–Crippen MR) is 103 cm³/mol. The Morgan fingerprint density at radius 2 is 1.89 bits per heavy atom. The Morgan fingerprint density at radius 1 is 1.15 bits per heavy atom. The molecule has 1 amide bonds. The monoisotopic (exact) mass is 388 g/mol. The molecule has 2 N–H and O–H groups in total. The fourth-order valence-corrected chi connectivity index (χ4v) is 4.23. The molecule has 1 aliphatic heterocycles. The van der Waals surface area contributed by atoms with E-state index >= 15 is 0 Å². The first kappa shape index (κ1) is 18.9. The molecule has 3 rings (SSSR count). The number of nitrogens with zero attached hydrogens (tertiary/aromatic N) is 1. The van der Waals surface area contributed by atoms with Crippen molar-refractivity contribution in [3.8, 4) is 0 Å². The number of anilines is 2. The summed E-state index contributed by atoms with van der Waals surface area (Å²) in [6, 6.07) is 9.55. The van der Waals surface area contributed by atoms with Crippen LogP contribution in [0.1, 0.15) is 38.3 Å². The third-order valence-electron chi connectivity index (χ3n) is 4.53. The van der Waals surface area contributed by atoms with Gasteiger partial charge in [-0.1, -0.05) is 0 Å². The van der Waals surface area contributed by atoms with Crippen LogP contribution < -0.4 is 9.62 Å². The van der Waals surface area contributed by atoms with Crippen LogP contribution in [0.2, 0.25) is 0 Å². The number of hydrogen-bond acceptors (Lipinski definition) is 4. The van der Waals surface area contributed by atoms with E-state index in [1.54, 1.807) is 31.2 Å². The van der Waals surface area contributed by atoms with Crippen LogP contribution in [0.15, 0.2) is 36.4 Å². The zero-order valence-electron chi connectivity index (χ0n) is 15.0. The second-order valence-corrected chi connectivity index (χ2v) is 8.48. The highest BCUT2D eigenvalue weighted by Crippen LogP contribution is 2.30. The van der Waals surface area contributed by atoms with Crippen molar-refractivity contribution >= 4 is 33.3 Å². The summed E-state index contributed by atoms with van der Waals surface area (Å²) in [4.78, 5) is 23.6. The second-order valence-electron chi connectivity index (χ2n) is 6.57. The van der Waals surface area contributed by atoms with Crippen molar-refractivity contribution in [2.24, 2.45) is 0 Å². The number of hydrogen-bond donors (Lipinski definition) is 2. The van der Waals surface area contributed by atoms with E-state index in [1.165, 1.54) is 22.7 Å².